The minimum Gasteiger partial charge on any atom is -0.383 e. The summed E-state index contributed by atoms with van der Waals surface area (Å²) in [6, 6.07) is 0. The van der Waals surface area contributed by atoms with Crippen molar-refractivity contribution < 1.29 is 9.47 Å². The largest absolute Gasteiger partial charge is 0.383 e. The van der Waals surface area contributed by atoms with Crippen molar-refractivity contribution in [3.8, 4) is 0 Å². The van der Waals surface area contributed by atoms with Gasteiger partial charge in [0, 0.05) is 20.2 Å². The number of ether oxygens (including phenoxy) is 2. The maximum Gasteiger partial charge on any atom is 0.0608 e. The lowest BCUT2D eigenvalue weighted by Gasteiger charge is -2.37. The zero-order valence-corrected chi connectivity index (χ0v) is 12.6. The average molecular weight is 257 g/mol. The lowest BCUT2D eigenvalue weighted by Crippen LogP contribution is -2.36. The first-order valence-corrected chi connectivity index (χ1v) is 7.46. The summed E-state index contributed by atoms with van der Waals surface area (Å²) < 4.78 is 11.1. The lowest BCUT2D eigenvalue weighted by molar-refractivity contribution is -0.0368. The van der Waals surface area contributed by atoms with Gasteiger partial charge >= 0.3 is 0 Å². The van der Waals surface area contributed by atoms with Crippen LogP contribution in [0.15, 0.2) is 0 Å². The van der Waals surface area contributed by atoms with Crippen molar-refractivity contribution in [1.29, 1.82) is 0 Å². The number of nitrogens with one attached hydrogen (secondary N) is 1. The van der Waals surface area contributed by atoms with Gasteiger partial charge in [0.25, 0.3) is 0 Å². The maximum atomic E-state index is 6.10. The molecule has 1 fully saturated rings. The number of hydrogen-bond acceptors (Lipinski definition) is 3. The van der Waals surface area contributed by atoms with E-state index in [1.807, 2.05) is 0 Å². The first-order chi connectivity index (χ1) is 8.65. The van der Waals surface area contributed by atoms with E-state index in [2.05, 4.69) is 26.1 Å². The molecule has 0 amide bonds. The van der Waals surface area contributed by atoms with Crippen LogP contribution in [0.25, 0.3) is 0 Å². The van der Waals surface area contributed by atoms with Gasteiger partial charge in [-0.1, -0.05) is 27.2 Å². The molecule has 0 heterocycles. The number of rotatable bonds is 8. The van der Waals surface area contributed by atoms with Gasteiger partial charge in [0.15, 0.2) is 0 Å². The summed E-state index contributed by atoms with van der Waals surface area (Å²) in [5, 5.41) is 3.33. The van der Waals surface area contributed by atoms with Gasteiger partial charge in [-0.2, -0.15) is 0 Å². The van der Waals surface area contributed by atoms with Crippen LogP contribution in [-0.2, 0) is 9.47 Å². The molecule has 0 spiro atoms. The van der Waals surface area contributed by atoms with Gasteiger partial charge in [-0.3, -0.25) is 0 Å². The minimum absolute atomic E-state index is 0.470. The Morgan fingerprint density at radius 2 is 1.89 bits per heavy atom. The summed E-state index contributed by atoms with van der Waals surface area (Å²) in [7, 11) is 1.73. The molecule has 0 aromatic rings. The molecule has 1 aliphatic carbocycles. The number of methoxy groups -OCH3 is 1. The molecule has 3 atom stereocenters. The van der Waals surface area contributed by atoms with Crippen molar-refractivity contribution in [1.82, 2.24) is 5.32 Å². The van der Waals surface area contributed by atoms with E-state index in [0.717, 1.165) is 44.1 Å². The Morgan fingerprint density at radius 1 is 1.17 bits per heavy atom. The smallest absolute Gasteiger partial charge is 0.0608 e. The van der Waals surface area contributed by atoms with Gasteiger partial charge in [0.2, 0.25) is 0 Å². The molecule has 0 aliphatic heterocycles. The Kier molecular flexibility index (Phi) is 7.87. The zero-order chi connectivity index (χ0) is 13.4. The molecule has 3 unspecified atom stereocenters. The molecule has 18 heavy (non-hydrogen) atoms. The molecule has 0 aromatic carbocycles. The summed E-state index contributed by atoms with van der Waals surface area (Å²) in [5.74, 6) is 2.32. The van der Waals surface area contributed by atoms with E-state index in [9.17, 15) is 0 Å². The van der Waals surface area contributed by atoms with Crippen LogP contribution < -0.4 is 5.32 Å². The average Bonchev–Trinajstić information content (AvgIpc) is 2.33. The summed E-state index contributed by atoms with van der Waals surface area (Å²) in [6.45, 7) is 10.4. The van der Waals surface area contributed by atoms with E-state index in [4.69, 9.17) is 9.47 Å². The molecule has 3 nitrogen and oxygen atoms in total. The molecule has 1 rings (SSSR count). The van der Waals surface area contributed by atoms with Gasteiger partial charge < -0.3 is 14.8 Å². The first-order valence-electron chi connectivity index (χ1n) is 7.46. The summed E-state index contributed by atoms with van der Waals surface area (Å²) >= 11 is 0. The Balaban J connectivity index is 2.20. The molecule has 1 N–H and O–H groups in total. The molecule has 0 radical (unpaired) electrons. The lowest BCUT2D eigenvalue weighted by atomic mass is 9.75. The third kappa shape index (κ3) is 5.68. The second-order valence-electron chi connectivity index (χ2n) is 5.98. The monoisotopic (exact) mass is 257 g/mol. The number of hydrogen-bond donors (Lipinski definition) is 1. The molecule has 108 valence electrons. The van der Waals surface area contributed by atoms with Crippen molar-refractivity contribution in [3.05, 3.63) is 0 Å². The maximum absolute atomic E-state index is 6.10. The van der Waals surface area contributed by atoms with Crippen LogP contribution in [0.5, 0.6) is 0 Å². The van der Waals surface area contributed by atoms with E-state index in [1.165, 1.54) is 19.3 Å². The van der Waals surface area contributed by atoms with Crippen LogP contribution >= 0.6 is 0 Å². The van der Waals surface area contributed by atoms with Crippen molar-refractivity contribution in [2.75, 3.05) is 33.4 Å². The predicted molar refractivity (Wildman–Crippen MR) is 75.8 cm³/mol. The Hall–Kier alpha value is -0.120. The standard InChI is InChI=1S/C15H31NO2/c1-12(2)14-6-5-13(3)11-15(14)18-10-8-16-7-9-17-4/h12-16H,5-11H2,1-4H3. The van der Waals surface area contributed by atoms with Gasteiger partial charge in [-0.15, -0.1) is 0 Å². The molecule has 0 aromatic heterocycles. The van der Waals surface area contributed by atoms with Crippen LogP contribution in [0.3, 0.4) is 0 Å². The summed E-state index contributed by atoms with van der Waals surface area (Å²) in [6.07, 6.45) is 4.41. The highest BCUT2D eigenvalue weighted by Gasteiger charge is 2.31. The Bertz CT molecular complexity index is 209. The van der Waals surface area contributed by atoms with Crippen LogP contribution in [0.4, 0.5) is 0 Å². The second kappa shape index (κ2) is 8.89. The van der Waals surface area contributed by atoms with Crippen LogP contribution in [0, 0.1) is 17.8 Å². The molecule has 0 saturated heterocycles. The molecule has 0 bridgehead atoms. The zero-order valence-electron chi connectivity index (χ0n) is 12.6. The third-order valence-corrected chi connectivity index (χ3v) is 4.06. The SMILES string of the molecule is COCCNCCOC1CC(C)CCC1C(C)C. The van der Waals surface area contributed by atoms with Crippen molar-refractivity contribution in [3.63, 3.8) is 0 Å². The van der Waals surface area contributed by atoms with Crippen LogP contribution in [0.1, 0.15) is 40.0 Å². The van der Waals surface area contributed by atoms with Gasteiger partial charge in [0.1, 0.15) is 0 Å². The van der Waals surface area contributed by atoms with Crippen LogP contribution in [-0.4, -0.2) is 39.5 Å². The van der Waals surface area contributed by atoms with E-state index in [1.54, 1.807) is 7.11 Å². The quantitative estimate of drug-likeness (QED) is 0.678. The summed E-state index contributed by atoms with van der Waals surface area (Å²) in [4.78, 5) is 0. The van der Waals surface area contributed by atoms with E-state index < -0.39 is 0 Å². The normalized spacial score (nSPS) is 28.8. The highest BCUT2D eigenvalue weighted by molar-refractivity contribution is 4.81. The second-order valence-corrected chi connectivity index (χ2v) is 5.98. The van der Waals surface area contributed by atoms with Gasteiger partial charge in [-0.05, 0) is 30.6 Å². The van der Waals surface area contributed by atoms with Crippen molar-refractivity contribution in [2.45, 2.75) is 46.1 Å². The van der Waals surface area contributed by atoms with Crippen molar-refractivity contribution >= 4 is 0 Å². The van der Waals surface area contributed by atoms with Gasteiger partial charge in [0.05, 0.1) is 19.3 Å². The molecular weight excluding hydrogens is 226 g/mol. The molecule has 3 heteroatoms. The topological polar surface area (TPSA) is 30.5 Å². The van der Waals surface area contributed by atoms with Crippen LogP contribution in [0.2, 0.25) is 0 Å². The fourth-order valence-corrected chi connectivity index (χ4v) is 2.89. The minimum atomic E-state index is 0.470. The molecule has 1 saturated carbocycles. The predicted octanol–water partition coefficient (Wildman–Crippen LogP) is 2.70. The molecule has 1 aliphatic rings. The fraction of sp³-hybridized carbons (Fsp3) is 1.00. The molecular formula is C15H31NO2. The summed E-state index contributed by atoms with van der Waals surface area (Å²) in [5.41, 5.74) is 0. The Labute approximate surface area is 113 Å². The first kappa shape index (κ1) is 15.9. The Morgan fingerprint density at radius 3 is 2.56 bits per heavy atom. The third-order valence-electron chi connectivity index (χ3n) is 4.06. The van der Waals surface area contributed by atoms with Gasteiger partial charge in [-0.25, -0.2) is 0 Å². The fourth-order valence-electron chi connectivity index (χ4n) is 2.89. The van der Waals surface area contributed by atoms with E-state index >= 15 is 0 Å². The van der Waals surface area contributed by atoms with Crippen molar-refractivity contribution in [2.24, 2.45) is 17.8 Å². The van der Waals surface area contributed by atoms with E-state index in [0.29, 0.717) is 6.10 Å². The highest BCUT2D eigenvalue weighted by atomic mass is 16.5. The highest BCUT2D eigenvalue weighted by Crippen LogP contribution is 2.35. The van der Waals surface area contributed by atoms with E-state index in [-0.39, 0.29) is 0 Å².